The molecule has 2 rings (SSSR count). The highest BCUT2D eigenvalue weighted by molar-refractivity contribution is 5.70. The zero-order valence-electron chi connectivity index (χ0n) is 12.7. The molecule has 0 spiro atoms. The first kappa shape index (κ1) is 14.9. The number of halogens is 1. The number of benzene rings is 1. The van der Waals surface area contributed by atoms with Crippen molar-refractivity contribution >= 4 is 11.4 Å². The molecule has 2 N–H and O–H groups in total. The third-order valence-corrected chi connectivity index (χ3v) is 3.78. The number of ether oxygens (including phenoxy) is 1. The molecule has 1 aromatic carbocycles. The van der Waals surface area contributed by atoms with E-state index >= 15 is 0 Å². The van der Waals surface area contributed by atoms with Gasteiger partial charge < -0.3 is 15.4 Å². The molecule has 0 aliphatic carbocycles. The zero-order chi connectivity index (χ0) is 14.8. The summed E-state index contributed by atoms with van der Waals surface area (Å²) in [5.74, 6) is -0.0737. The maximum Gasteiger partial charge on any atom is 0.167 e. The summed E-state index contributed by atoms with van der Waals surface area (Å²) in [7, 11) is 0. The molecule has 112 valence electrons. The topological polar surface area (TPSA) is 38.5 Å². The summed E-state index contributed by atoms with van der Waals surface area (Å²) < 4.78 is 19.3. The molecule has 0 aromatic heterocycles. The number of hydrogen-bond donors (Lipinski definition) is 1. The van der Waals surface area contributed by atoms with E-state index in [4.69, 9.17) is 10.5 Å². The van der Waals surface area contributed by atoms with E-state index in [1.54, 1.807) is 6.07 Å². The van der Waals surface area contributed by atoms with Gasteiger partial charge in [-0.25, -0.2) is 4.39 Å². The van der Waals surface area contributed by atoms with Crippen LogP contribution in [0.1, 0.15) is 40.0 Å². The van der Waals surface area contributed by atoms with Crippen LogP contribution in [0, 0.1) is 11.2 Å². The second-order valence-electron chi connectivity index (χ2n) is 6.38. The van der Waals surface area contributed by atoms with Crippen LogP contribution in [0.3, 0.4) is 0 Å². The highest BCUT2D eigenvalue weighted by atomic mass is 19.1. The first-order chi connectivity index (χ1) is 9.43. The predicted octanol–water partition coefficient (Wildman–Crippen LogP) is 3.82. The fourth-order valence-corrected chi connectivity index (χ4v) is 2.78. The normalized spacial score (nSPS) is 18.1. The summed E-state index contributed by atoms with van der Waals surface area (Å²) in [5, 5.41) is 0. The van der Waals surface area contributed by atoms with Crippen molar-refractivity contribution in [3.8, 4) is 5.75 Å². The van der Waals surface area contributed by atoms with Crippen LogP contribution < -0.4 is 15.4 Å². The van der Waals surface area contributed by atoms with Gasteiger partial charge in [0.05, 0.1) is 18.0 Å². The van der Waals surface area contributed by atoms with Gasteiger partial charge in [-0.15, -0.1) is 0 Å². The van der Waals surface area contributed by atoms with Crippen molar-refractivity contribution in [1.82, 2.24) is 0 Å². The van der Waals surface area contributed by atoms with E-state index in [1.807, 2.05) is 6.92 Å². The molecule has 0 atom stereocenters. The molecule has 3 nitrogen and oxygen atoms in total. The van der Waals surface area contributed by atoms with E-state index < -0.39 is 0 Å². The minimum atomic E-state index is -0.379. The highest BCUT2D eigenvalue weighted by Gasteiger charge is 2.28. The first-order valence-electron chi connectivity index (χ1n) is 7.40. The van der Waals surface area contributed by atoms with Crippen molar-refractivity contribution in [2.75, 3.05) is 30.3 Å². The van der Waals surface area contributed by atoms with Gasteiger partial charge in [0, 0.05) is 25.2 Å². The molecule has 0 saturated carbocycles. The Morgan fingerprint density at radius 2 is 2.15 bits per heavy atom. The Bertz CT molecular complexity index is 474. The molecule has 4 heteroatoms. The van der Waals surface area contributed by atoms with Crippen molar-refractivity contribution in [3.63, 3.8) is 0 Å². The van der Waals surface area contributed by atoms with E-state index in [9.17, 15) is 4.39 Å². The first-order valence-corrected chi connectivity index (χ1v) is 7.40. The van der Waals surface area contributed by atoms with Crippen LogP contribution in [0.2, 0.25) is 0 Å². The van der Waals surface area contributed by atoms with Gasteiger partial charge in [0.25, 0.3) is 0 Å². The highest BCUT2D eigenvalue weighted by Crippen LogP contribution is 2.36. The molecule has 1 fully saturated rings. The van der Waals surface area contributed by atoms with E-state index in [2.05, 4.69) is 18.7 Å². The number of piperidine rings is 1. The van der Waals surface area contributed by atoms with Crippen molar-refractivity contribution in [3.05, 3.63) is 17.9 Å². The Morgan fingerprint density at radius 1 is 1.40 bits per heavy atom. The van der Waals surface area contributed by atoms with Crippen LogP contribution >= 0.6 is 0 Å². The number of nitrogens with two attached hydrogens (primary N) is 1. The fraction of sp³-hybridized carbons (Fsp3) is 0.625. The summed E-state index contributed by atoms with van der Waals surface area (Å²) in [6, 6.07) is 3.13. The Kier molecular flexibility index (Phi) is 4.41. The third kappa shape index (κ3) is 3.35. The lowest BCUT2D eigenvalue weighted by Gasteiger charge is -2.40. The van der Waals surface area contributed by atoms with Crippen molar-refractivity contribution in [2.24, 2.45) is 5.41 Å². The van der Waals surface area contributed by atoms with E-state index in [0.717, 1.165) is 31.6 Å². The maximum atomic E-state index is 13.8. The second-order valence-corrected chi connectivity index (χ2v) is 6.38. The van der Waals surface area contributed by atoms with Gasteiger partial charge in [0.15, 0.2) is 11.6 Å². The van der Waals surface area contributed by atoms with Crippen LogP contribution in [-0.4, -0.2) is 19.7 Å². The average Bonchev–Trinajstić information content (AvgIpc) is 2.36. The lowest BCUT2D eigenvalue weighted by atomic mass is 9.84. The predicted molar refractivity (Wildman–Crippen MR) is 81.8 cm³/mol. The number of nitrogen functional groups attached to an aromatic ring is 1. The SMILES string of the molecule is CCCOc1cc(N2CCCC(C)(C)C2)c(N)cc1F. The largest absolute Gasteiger partial charge is 0.490 e. The van der Waals surface area contributed by atoms with E-state index in [-0.39, 0.29) is 11.2 Å². The molecule has 20 heavy (non-hydrogen) atoms. The Labute approximate surface area is 120 Å². The molecule has 1 aliphatic heterocycles. The smallest absolute Gasteiger partial charge is 0.167 e. The summed E-state index contributed by atoms with van der Waals surface area (Å²) >= 11 is 0. The molecule has 0 amide bonds. The van der Waals surface area contributed by atoms with Crippen molar-refractivity contribution in [1.29, 1.82) is 0 Å². The summed E-state index contributed by atoms with van der Waals surface area (Å²) in [6.45, 7) is 8.94. The van der Waals surface area contributed by atoms with Gasteiger partial charge in [-0.1, -0.05) is 20.8 Å². The quantitative estimate of drug-likeness (QED) is 0.852. The fourth-order valence-electron chi connectivity index (χ4n) is 2.78. The third-order valence-electron chi connectivity index (χ3n) is 3.78. The number of nitrogens with zero attached hydrogens (tertiary/aromatic N) is 1. The van der Waals surface area contributed by atoms with Gasteiger partial charge in [0.2, 0.25) is 0 Å². The standard InChI is InChI=1S/C16H25FN2O/c1-4-8-20-15-10-14(13(18)9-12(15)17)19-7-5-6-16(2,3)11-19/h9-10H,4-8,11,18H2,1-3H3. The summed E-state index contributed by atoms with van der Waals surface area (Å²) in [5.41, 5.74) is 7.65. The molecule has 1 heterocycles. The average molecular weight is 280 g/mol. The van der Waals surface area contributed by atoms with Crippen LogP contribution in [0.25, 0.3) is 0 Å². The minimum absolute atomic E-state index is 0.267. The Balaban J connectivity index is 2.26. The number of hydrogen-bond acceptors (Lipinski definition) is 3. The molecular weight excluding hydrogens is 255 g/mol. The van der Waals surface area contributed by atoms with Crippen molar-refractivity contribution in [2.45, 2.75) is 40.0 Å². The molecule has 1 aliphatic rings. The molecule has 1 aromatic rings. The van der Waals surface area contributed by atoms with Crippen LogP contribution in [0.5, 0.6) is 5.75 Å². The molecule has 0 unspecified atom stereocenters. The lowest BCUT2D eigenvalue weighted by molar-refractivity contribution is 0.291. The zero-order valence-corrected chi connectivity index (χ0v) is 12.7. The molecule has 0 bridgehead atoms. The monoisotopic (exact) mass is 280 g/mol. The minimum Gasteiger partial charge on any atom is -0.490 e. The maximum absolute atomic E-state index is 13.8. The van der Waals surface area contributed by atoms with Gasteiger partial charge in [-0.2, -0.15) is 0 Å². The van der Waals surface area contributed by atoms with Gasteiger partial charge in [-0.3, -0.25) is 0 Å². The van der Waals surface area contributed by atoms with E-state index in [0.29, 0.717) is 18.0 Å². The molecular formula is C16H25FN2O. The van der Waals surface area contributed by atoms with E-state index in [1.165, 1.54) is 12.5 Å². The van der Waals surface area contributed by atoms with Crippen molar-refractivity contribution < 1.29 is 9.13 Å². The Hall–Kier alpha value is -1.45. The number of rotatable bonds is 4. The van der Waals surface area contributed by atoms with Gasteiger partial charge in [0.1, 0.15) is 0 Å². The van der Waals surface area contributed by atoms with Gasteiger partial charge >= 0.3 is 0 Å². The molecule has 1 saturated heterocycles. The number of anilines is 2. The summed E-state index contributed by atoms with van der Waals surface area (Å²) in [6.07, 6.45) is 3.20. The van der Waals surface area contributed by atoms with Gasteiger partial charge in [-0.05, 0) is 24.7 Å². The Morgan fingerprint density at radius 3 is 2.80 bits per heavy atom. The second kappa shape index (κ2) is 5.90. The molecule has 0 radical (unpaired) electrons. The summed E-state index contributed by atoms with van der Waals surface area (Å²) in [4.78, 5) is 2.25. The van der Waals surface area contributed by atoms with Crippen LogP contribution in [0.4, 0.5) is 15.8 Å². The lowest BCUT2D eigenvalue weighted by Crippen LogP contribution is -2.40. The van der Waals surface area contributed by atoms with Crippen LogP contribution in [0.15, 0.2) is 12.1 Å². The van der Waals surface area contributed by atoms with Crippen LogP contribution in [-0.2, 0) is 0 Å².